The van der Waals surface area contributed by atoms with E-state index in [1.165, 1.54) is 33.5 Å². The van der Waals surface area contributed by atoms with Crippen molar-refractivity contribution in [3.8, 4) is 10.7 Å². The minimum absolute atomic E-state index is 0.0827. The van der Waals surface area contributed by atoms with E-state index < -0.39 is 0 Å². The average molecular weight is 460 g/mol. The number of nitrogens with zero attached hydrogens (tertiary/aromatic N) is 4. The molecular formula is C22H29N5O2S2. The molecule has 4 rings (SSSR count). The summed E-state index contributed by atoms with van der Waals surface area (Å²) in [5, 5.41) is 12.2. The number of nitrogens with one attached hydrogen (secondary N) is 1. The molecule has 1 saturated heterocycles. The third-order valence-electron chi connectivity index (χ3n) is 6.04. The number of carbonyl (C=O) groups excluding carboxylic acids is 2. The maximum Gasteiger partial charge on any atom is 0.324 e. The standard InChI is InChI=1S/C22H29N5O2S2/c1-5-8-27-19(17-12-14-11-15(22(2,3)4)6-7-16(14)31-17)24-25-21(27)30-10-9-26-18(28)13-23-20(26)29/h5,12,15H,1,6-11,13H2,2-4H3,(H,23,29). The van der Waals surface area contributed by atoms with Crippen LogP contribution < -0.4 is 5.32 Å². The molecule has 0 saturated carbocycles. The zero-order valence-corrected chi connectivity index (χ0v) is 19.9. The van der Waals surface area contributed by atoms with Crippen LogP contribution in [0, 0.1) is 11.3 Å². The van der Waals surface area contributed by atoms with E-state index in [4.69, 9.17) is 0 Å². The number of allylic oxidation sites excluding steroid dienone is 1. The minimum Gasteiger partial charge on any atom is -0.329 e. The first-order valence-corrected chi connectivity index (χ1v) is 12.4. The zero-order valence-electron chi connectivity index (χ0n) is 18.3. The van der Waals surface area contributed by atoms with Crippen LogP contribution in [0.1, 0.15) is 37.6 Å². The van der Waals surface area contributed by atoms with Gasteiger partial charge in [0.05, 0.1) is 11.4 Å². The fraction of sp³-hybridized carbons (Fsp3) is 0.545. The molecule has 1 atom stereocenters. The van der Waals surface area contributed by atoms with Gasteiger partial charge < -0.3 is 5.32 Å². The van der Waals surface area contributed by atoms with Crippen LogP contribution in [0.15, 0.2) is 23.9 Å². The van der Waals surface area contributed by atoms with Gasteiger partial charge >= 0.3 is 6.03 Å². The van der Waals surface area contributed by atoms with E-state index in [0.717, 1.165) is 28.7 Å². The van der Waals surface area contributed by atoms with E-state index in [2.05, 4.69) is 53.5 Å². The predicted octanol–water partition coefficient (Wildman–Crippen LogP) is 3.99. The molecule has 2 aromatic rings. The molecule has 7 nitrogen and oxygen atoms in total. The molecule has 2 aromatic heterocycles. The molecule has 0 radical (unpaired) electrons. The number of amides is 3. The topological polar surface area (TPSA) is 80.1 Å². The van der Waals surface area contributed by atoms with Gasteiger partial charge in [0.15, 0.2) is 11.0 Å². The van der Waals surface area contributed by atoms with Crippen LogP contribution in [0.4, 0.5) is 4.79 Å². The lowest BCUT2D eigenvalue weighted by molar-refractivity contribution is -0.124. The first-order chi connectivity index (χ1) is 14.8. The lowest BCUT2D eigenvalue weighted by atomic mass is 9.72. The van der Waals surface area contributed by atoms with Gasteiger partial charge in [-0.3, -0.25) is 14.3 Å². The molecule has 166 valence electrons. The molecule has 0 spiro atoms. The summed E-state index contributed by atoms with van der Waals surface area (Å²) < 4.78 is 2.07. The Labute approximate surface area is 191 Å². The molecule has 0 aromatic carbocycles. The summed E-state index contributed by atoms with van der Waals surface area (Å²) in [5.41, 5.74) is 1.77. The van der Waals surface area contributed by atoms with Crippen LogP contribution in [0.2, 0.25) is 0 Å². The van der Waals surface area contributed by atoms with Gasteiger partial charge in [0, 0.05) is 23.7 Å². The van der Waals surface area contributed by atoms with Gasteiger partial charge in [-0.05, 0) is 42.2 Å². The molecule has 1 aliphatic heterocycles. The number of thioether (sulfide) groups is 1. The largest absolute Gasteiger partial charge is 0.329 e. The highest BCUT2D eigenvalue weighted by Gasteiger charge is 2.31. The lowest BCUT2D eigenvalue weighted by Crippen LogP contribution is -2.32. The Kier molecular flexibility index (Phi) is 6.25. The van der Waals surface area contributed by atoms with Crippen molar-refractivity contribution in [1.29, 1.82) is 0 Å². The number of imide groups is 1. The molecule has 9 heteroatoms. The average Bonchev–Trinajstić information content (AvgIpc) is 3.40. The van der Waals surface area contributed by atoms with Gasteiger partial charge in [0.25, 0.3) is 0 Å². The van der Waals surface area contributed by atoms with Gasteiger partial charge in [0.2, 0.25) is 5.91 Å². The van der Waals surface area contributed by atoms with Crippen molar-refractivity contribution in [1.82, 2.24) is 25.0 Å². The Hall–Kier alpha value is -2.13. The van der Waals surface area contributed by atoms with Crippen molar-refractivity contribution in [2.45, 2.75) is 51.7 Å². The van der Waals surface area contributed by atoms with Crippen molar-refractivity contribution in [2.24, 2.45) is 11.3 Å². The second kappa shape index (κ2) is 8.78. The number of urea groups is 1. The molecule has 31 heavy (non-hydrogen) atoms. The van der Waals surface area contributed by atoms with Crippen LogP contribution in [-0.2, 0) is 24.2 Å². The zero-order chi connectivity index (χ0) is 22.2. The number of aryl methyl sites for hydroxylation is 1. The van der Waals surface area contributed by atoms with Gasteiger partial charge in [-0.25, -0.2) is 4.79 Å². The number of hydrogen-bond acceptors (Lipinski definition) is 6. The molecule has 2 aliphatic rings. The normalized spacial score (nSPS) is 18.9. The Morgan fingerprint density at radius 1 is 1.35 bits per heavy atom. The molecule has 3 amide bonds. The lowest BCUT2D eigenvalue weighted by Gasteiger charge is -2.33. The summed E-state index contributed by atoms with van der Waals surface area (Å²) in [6, 6.07) is 1.97. The smallest absolute Gasteiger partial charge is 0.324 e. The Morgan fingerprint density at radius 2 is 2.16 bits per heavy atom. The monoisotopic (exact) mass is 459 g/mol. The minimum atomic E-state index is -0.323. The van der Waals surface area contributed by atoms with E-state index >= 15 is 0 Å². The number of rotatable bonds is 7. The SMILES string of the molecule is C=CCn1c(SCCN2C(=O)CNC2=O)nnc1-c1cc2c(s1)CCC(C(C)(C)C)C2. The molecule has 1 N–H and O–H groups in total. The Morgan fingerprint density at radius 3 is 2.84 bits per heavy atom. The number of thiophene rings is 1. The maximum absolute atomic E-state index is 11.8. The molecule has 0 bridgehead atoms. The van der Waals surface area contributed by atoms with Crippen LogP contribution in [0.5, 0.6) is 0 Å². The van der Waals surface area contributed by atoms with E-state index in [1.54, 1.807) is 0 Å². The first kappa shape index (κ1) is 22.1. The second-order valence-corrected chi connectivity index (χ2v) is 11.3. The maximum atomic E-state index is 11.8. The number of carbonyl (C=O) groups is 2. The van der Waals surface area contributed by atoms with Crippen LogP contribution in [-0.4, -0.2) is 50.4 Å². The number of fused-ring (bicyclic) bond motifs is 1. The Balaban J connectivity index is 1.50. The highest BCUT2D eigenvalue weighted by molar-refractivity contribution is 7.99. The Bertz CT molecular complexity index is 988. The summed E-state index contributed by atoms with van der Waals surface area (Å²) in [6.07, 6.45) is 5.33. The highest BCUT2D eigenvalue weighted by Crippen LogP contribution is 2.42. The van der Waals surface area contributed by atoms with Crippen molar-refractivity contribution in [3.63, 3.8) is 0 Å². The fourth-order valence-corrected chi connectivity index (χ4v) is 6.23. The van der Waals surface area contributed by atoms with Gasteiger partial charge in [-0.15, -0.1) is 28.1 Å². The van der Waals surface area contributed by atoms with Crippen molar-refractivity contribution in [3.05, 3.63) is 29.2 Å². The van der Waals surface area contributed by atoms with E-state index in [1.807, 2.05) is 17.4 Å². The van der Waals surface area contributed by atoms with Gasteiger partial charge in [0.1, 0.15) is 0 Å². The summed E-state index contributed by atoms with van der Waals surface area (Å²) in [7, 11) is 0. The predicted molar refractivity (Wildman–Crippen MR) is 124 cm³/mol. The molecule has 1 fully saturated rings. The second-order valence-electron chi connectivity index (χ2n) is 9.12. The molecule has 1 unspecified atom stereocenters. The summed E-state index contributed by atoms with van der Waals surface area (Å²) in [5.74, 6) is 1.95. The highest BCUT2D eigenvalue weighted by atomic mass is 32.2. The number of hydrogen-bond donors (Lipinski definition) is 1. The molecule has 1 aliphatic carbocycles. The van der Waals surface area contributed by atoms with Crippen LogP contribution >= 0.6 is 23.1 Å². The summed E-state index contributed by atoms with van der Waals surface area (Å²) in [4.78, 5) is 27.3. The van der Waals surface area contributed by atoms with Gasteiger partial charge in [-0.2, -0.15) is 0 Å². The number of aromatic nitrogens is 3. The fourth-order valence-electron chi connectivity index (χ4n) is 4.15. The summed E-state index contributed by atoms with van der Waals surface area (Å²) >= 11 is 3.33. The molecular weight excluding hydrogens is 430 g/mol. The third kappa shape index (κ3) is 4.57. The van der Waals surface area contributed by atoms with Crippen molar-refractivity contribution in [2.75, 3.05) is 18.8 Å². The first-order valence-electron chi connectivity index (χ1n) is 10.6. The third-order valence-corrected chi connectivity index (χ3v) is 8.22. The quantitative estimate of drug-likeness (QED) is 0.385. The van der Waals surface area contributed by atoms with Crippen molar-refractivity contribution >= 4 is 35.0 Å². The van der Waals surface area contributed by atoms with Gasteiger partial charge in [-0.1, -0.05) is 38.6 Å². The van der Waals surface area contributed by atoms with E-state index in [-0.39, 0.29) is 18.5 Å². The van der Waals surface area contributed by atoms with Crippen LogP contribution in [0.25, 0.3) is 10.7 Å². The van der Waals surface area contributed by atoms with Crippen molar-refractivity contribution < 1.29 is 9.59 Å². The van der Waals surface area contributed by atoms with E-state index in [9.17, 15) is 9.59 Å². The van der Waals surface area contributed by atoms with E-state index in [0.29, 0.717) is 30.2 Å². The van der Waals surface area contributed by atoms with Crippen LogP contribution in [0.3, 0.4) is 0 Å². The summed E-state index contributed by atoms with van der Waals surface area (Å²) in [6.45, 7) is 11.9. The molecule has 3 heterocycles.